The van der Waals surface area contributed by atoms with Crippen LogP contribution in [0.4, 0.5) is 0 Å². The zero-order valence-electron chi connectivity index (χ0n) is 14.1. The molecule has 5 heteroatoms. The van der Waals surface area contributed by atoms with E-state index in [1.54, 1.807) is 11.3 Å². The van der Waals surface area contributed by atoms with Crippen LogP contribution in [0.2, 0.25) is 0 Å². The van der Waals surface area contributed by atoms with Crippen LogP contribution in [-0.4, -0.2) is 43.6 Å². The number of hydrogen-bond acceptors (Lipinski definition) is 3. The molecule has 0 aromatic carbocycles. The van der Waals surface area contributed by atoms with Gasteiger partial charge in [-0.2, -0.15) is 0 Å². The third kappa shape index (κ3) is 6.48. The SMILES string of the molecule is CCNC(=NCc1sccc1C)NCCN(C)C(C)CC. The lowest BCUT2D eigenvalue weighted by atomic mass is 10.2. The molecule has 0 saturated heterocycles. The van der Waals surface area contributed by atoms with Crippen LogP contribution < -0.4 is 10.6 Å². The maximum Gasteiger partial charge on any atom is 0.191 e. The van der Waals surface area contributed by atoms with E-state index in [9.17, 15) is 0 Å². The molecule has 0 saturated carbocycles. The van der Waals surface area contributed by atoms with Crippen LogP contribution in [0.5, 0.6) is 0 Å². The molecular formula is C16H30N4S. The van der Waals surface area contributed by atoms with Crippen molar-refractivity contribution < 1.29 is 0 Å². The summed E-state index contributed by atoms with van der Waals surface area (Å²) in [6.07, 6.45) is 1.18. The predicted octanol–water partition coefficient (Wildman–Crippen LogP) is 2.84. The van der Waals surface area contributed by atoms with Gasteiger partial charge in [-0.3, -0.25) is 0 Å². The Balaban J connectivity index is 2.44. The van der Waals surface area contributed by atoms with E-state index in [1.165, 1.54) is 16.9 Å². The Labute approximate surface area is 133 Å². The molecule has 0 radical (unpaired) electrons. The van der Waals surface area contributed by atoms with Gasteiger partial charge in [0.15, 0.2) is 5.96 Å². The Bertz CT molecular complexity index is 428. The summed E-state index contributed by atoms with van der Waals surface area (Å²) in [5.41, 5.74) is 1.33. The number of guanidine groups is 1. The lowest BCUT2D eigenvalue weighted by molar-refractivity contribution is 0.255. The van der Waals surface area contributed by atoms with Gasteiger partial charge >= 0.3 is 0 Å². The normalized spacial score (nSPS) is 13.5. The summed E-state index contributed by atoms with van der Waals surface area (Å²) in [6.45, 7) is 12.3. The van der Waals surface area contributed by atoms with Crippen molar-refractivity contribution in [2.45, 2.75) is 46.7 Å². The summed E-state index contributed by atoms with van der Waals surface area (Å²) in [7, 11) is 2.18. The molecule has 0 spiro atoms. The molecule has 0 amide bonds. The van der Waals surface area contributed by atoms with E-state index in [0.29, 0.717) is 6.04 Å². The van der Waals surface area contributed by atoms with Gasteiger partial charge < -0.3 is 15.5 Å². The smallest absolute Gasteiger partial charge is 0.191 e. The molecule has 0 aliphatic heterocycles. The van der Waals surface area contributed by atoms with E-state index < -0.39 is 0 Å². The standard InChI is InChI=1S/C16H30N4S/c1-6-14(4)20(5)10-9-18-16(17-7-2)19-12-15-13(3)8-11-21-15/h8,11,14H,6-7,9-10,12H2,1-5H3,(H2,17,18,19). The van der Waals surface area contributed by atoms with Gasteiger partial charge in [0.05, 0.1) is 6.54 Å². The number of nitrogens with one attached hydrogen (secondary N) is 2. The maximum atomic E-state index is 4.66. The van der Waals surface area contributed by atoms with Gasteiger partial charge in [0.25, 0.3) is 0 Å². The Hall–Kier alpha value is -1.07. The largest absolute Gasteiger partial charge is 0.357 e. The van der Waals surface area contributed by atoms with Crippen LogP contribution in [0.25, 0.3) is 0 Å². The minimum atomic E-state index is 0.625. The Morgan fingerprint density at radius 2 is 2.14 bits per heavy atom. The van der Waals surface area contributed by atoms with Crippen LogP contribution in [-0.2, 0) is 6.54 Å². The first kappa shape index (κ1) is 18.0. The number of hydrogen-bond donors (Lipinski definition) is 2. The fraction of sp³-hybridized carbons (Fsp3) is 0.688. The van der Waals surface area contributed by atoms with Crippen LogP contribution in [0.15, 0.2) is 16.4 Å². The average molecular weight is 311 g/mol. The van der Waals surface area contributed by atoms with Crippen molar-refractivity contribution >= 4 is 17.3 Å². The fourth-order valence-electron chi connectivity index (χ4n) is 1.94. The van der Waals surface area contributed by atoms with Gasteiger partial charge in [-0.1, -0.05) is 6.92 Å². The molecule has 2 N–H and O–H groups in total. The number of nitrogens with zero attached hydrogens (tertiary/aromatic N) is 2. The quantitative estimate of drug-likeness (QED) is 0.573. The topological polar surface area (TPSA) is 39.7 Å². The summed E-state index contributed by atoms with van der Waals surface area (Å²) in [5, 5.41) is 8.85. The van der Waals surface area contributed by atoms with Gasteiger partial charge in [0.2, 0.25) is 0 Å². The van der Waals surface area contributed by atoms with Crippen LogP contribution in [0, 0.1) is 6.92 Å². The first-order valence-electron chi connectivity index (χ1n) is 7.83. The van der Waals surface area contributed by atoms with E-state index in [0.717, 1.165) is 32.1 Å². The molecule has 1 aromatic heterocycles. The highest BCUT2D eigenvalue weighted by Gasteiger charge is 2.06. The van der Waals surface area contributed by atoms with Gasteiger partial charge in [-0.15, -0.1) is 11.3 Å². The molecule has 1 unspecified atom stereocenters. The van der Waals surface area contributed by atoms with Crippen molar-refractivity contribution in [2.75, 3.05) is 26.7 Å². The second kappa shape index (κ2) is 9.79. The van der Waals surface area contributed by atoms with Crippen LogP contribution >= 0.6 is 11.3 Å². The first-order valence-corrected chi connectivity index (χ1v) is 8.71. The summed E-state index contributed by atoms with van der Waals surface area (Å²) >= 11 is 1.77. The van der Waals surface area contributed by atoms with Crippen LogP contribution in [0.1, 0.15) is 37.6 Å². The third-order valence-electron chi connectivity index (χ3n) is 3.79. The molecule has 0 aliphatic carbocycles. The molecule has 1 aromatic rings. The molecule has 21 heavy (non-hydrogen) atoms. The van der Waals surface area contributed by atoms with E-state index in [1.807, 2.05) is 0 Å². The Morgan fingerprint density at radius 3 is 2.71 bits per heavy atom. The van der Waals surface area contributed by atoms with Crippen molar-refractivity contribution in [1.82, 2.24) is 15.5 Å². The zero-order valence-corrected chi connectivity index (χ0v) is 14.9. The first-order chi connectivity index (χ1) is 10.1. The number of aliphatic imine (C=N–C) groups is 1. The molecule has 0 bridgehead atoms. The second-order valence-corrected chi connectivity index (χ2v) is 6.39. The average Bonchev–Trinajstić information content (AvgIpc) is 2.89. The highest BCUT2D eigenvalue weighted by molar-refractivity contribution is 7.10. The van der Waals surface area contributed by atoms with Crippen LogP contribution in [0.3, 0.4) is 0 Å². The monoisotopic (exact) mass is 310 g/mol. The summed E-state index contributed by atoms with van der Waals surface area (Å²) < 4.78 is 0. The number of likely N-dealkylation sites (N-methyl/N-ethyl adjacent to an activating group) is 1. The lowest BCUT2D eigenvalue weighted by Crippen LogP contribution is -2.42. The fourth-order valence-corrected chi connectivity index (χ4v) is 2.77. The van der Waals surface area contributed by atoms with Crippen molar-refractivity contribution in [1.29, 1.82) is 0 Å². The molecule has 1 atom stereocenters. The molecule has 0 aliphatic rings. The minimum Gasteiger partial charge on any atom is -0.357 e. The van der Waals surface area contributed by atoms with Gasteiger partial charge in [0, 0.05) is 30.6 Å². The van der Waals surface area contributed by atoms with Crippen molar-refractivity contribution in [3.05, 3.63) is 21.9 Å². The van der Waals surface area contributed by atoms with E-state index in [2.05, 4.69) is 66.7 Å². The Kier molecular flexibility index (Phi) is 8.38. The number of thiophene rings is 1. The summed E-state index contributed by atoms with van der Waals surface area (Å²) in [6, 6.07) is 2.77. The summed E-state index contributed by atoms with van der Waals surface area (Å²) in [5.74, 6) is 0.905. The van der Waals surface area contributed by atoms with Crippen molar-refractivity contribution in [3.63, 3.8) is 0 Å². The third-order valence-corrected chi connectivity index (χ3v) is 4.80. The molecular weight excluding hydrogens is 280 g/mol. The van der Waals surface area contributed by atoms with E-state index in [4.69, 9.17) is 0 Å². The van der Waals surface area contributed by atoms with Gasteiger partial charge in [-0.05, 0) is 51.2 Å². The highest BCUT2D eigenvalue weighted by atomic mass is 32.1. The summed E-state index contributed by atoms with van der Waals surface area (Å²) in [4.78, 5) is 8.38. The van der Waals surface area contributed by atoms with Crippen molar-refractivity contribution in [3.8, 4) is 0 Å². The zero-order chi connectivity index (χ0) is 15.7. The van der Waals surface area contributed by atoms with Gasteiger partial charge in [0.1, 0.15) is 0 Å². The molecule has 0 fully saturated rings. The molecule has 1 heterocycles. The predicted molar refractivity (Wildman–Crippen MR) is 94.3 cm³/mol. The van der Waals surface area contributed by atoms with Crippen molar-refractivity contribution in [2.24, 2.45) is 4.99 Å². The molecule has 120 valence electrons. The van der Waals surface area contributed by atoms with Gasteiger partial charge in [-0.25, -0.2) is 4.99 Å². The van der Waals surface area contributed by atoms with E-state index in [-0.39, 0.29) is 0 Å². The Morgan fingerprint density at radius 1 is 1.38 bits per heavy atom. The second-order valence-electron chi connectivity index (χ2n) is 5.39. The minimum absolute atomic E-state index is 0.625. The number of aryl methyl sites for hydroxylation is 1. The lowest BCUT2D eigenvalue weighted by Gasteiger charge is -2.23. The highest BCUT2D eigenvalue weighted by Crippen LogP contribution is 2.16. The molecule has 1 rings (SSSR count). The molecule has 4 nitrogen and oxygen atoms in total. The number of rotatable bonds is 8. The maximum absolute atomic E-state index is 4.66. The van der Waals surface area contributed by atoms with E-state index >= 15 is 0 Å².